The van der Waals surface area contributed by atoms with E-state index in [1.165, 1.54) is 48.5 Å². The molecule has 8 nitrogen and oxygen atoms in total. The highest BCUT2D eigenvalue weighted by Gasteiger charge is 2.22. The molecule has 0 bridgehead atoms. The summed E-state index contributed by atoms with van der Waals surface area (Å²) < 4.78 is 27.0. The summed E-state index contributed by atoms with van der Waals surface area (Å²) in [6.45, 7) is 5.20. The molecule has 0 saturated carbocycles. The van der Waals surface area contributed by atoms with Crippen LogP contribution < -0.4 is 10.0 Å². The van der Waals surface area contributed by atoms with Gasteiger partial charge in [-0.15, -0.1) is 0 Å². The van der Waals surface area contributed by atoms with Crippen LogP contribution in [0, 0.1) is 10.1 Å². The minimum atomic E-state index is -3.68. The third-order valence-corrected chi connectivity index (χ3v) is 4.98. The minimum absolute atomic E-state index is 0.0549. The van der Waals surface area contributed by atoms with Gasteiger partial charge in [0.2, 0.25) is 10.0 Å². The number of nitrogens with zero attached hydrogens (tertiary/aromatic N) is 1. The fourth-order valence-corrected chi connectivity index (χ4v) is 3.54. The highest BCUT2D eigenvalue weighted by Crippen LogP contribution is 2.17. The van der Waals surface area contributed by atoms with E-state index in [-0.39, 0.29) is 16.1 Å². The quantitative estimate of drug-likeness (QED) is 0.613. The van der Waals surface area contributed by atoms with Crippen LogP contribution in [0.5, 0.6) is 0 Å². The zero-order valence-corrected chi connectivity index (χ0v) is 15.3. The fraction of sp³-hybridized carbons (Fsp3) is 0.235. The molecular formula is C17H19N3O5S. The molecule has 2 N–H and O–H groups in total. The first-order chi connectivity index (χ1) is 12.0. The van der Waals surface area contributed by atoms with E-state index >= 15 is 0 Å². The summed E-state index contributed by atoms with van der Waals surface area (Å²) in [4.78, 5) is 22.4. The third kappa shape index (κ3) is 5.11. The second kappa shape index (κ2) is 7.22. The summed E-state index contributed by atoms with van der Waals surface area (Å²) in [7, 11) is -3.68. The van der Waals surface area contributed by atoms with Crippen LogP contribution >= 0.6 is 0 Å². The predicted octanol–water partition coefficient (Wildman–Crippen LogP) is 2.92. The summed E-state index contributed by atoms with van der Waals surface area (Å²) in [6, 6.07) is 10.9. The highest BCUT2D eigenvalue weighted by molar-refractivity contribution is 7.89. The Labute approximate surface area is 151 Å². The average Bonchev–Trinajstić information content (AvgIpc) is 2.53. The molecule has 2 aromatic carbocycles. The molecule has 2 aromatic rings. The van der Waals surface area contributed by atoms with Gasteiger partial charge in [-0.3, -0.25) is 14.9 Å². The lowest BCUT2D eigenvalue weighted by atomic mass is 10.1. The smallest absolute Gasteiger partial charge is 0.269 e. The van der Waals surface area contributed by atoms with E-state index in [9.17, 15) is 23.3 Å². The number of hydrogen-bond acceptors (Lipinski definition) is 5. The first kappa shape index (κ1) is 19.5. The Morgan fingerprint density at radius 1 is 1.00 bits per heavy atom. The van der Waals surface area contributed by atoms with Crippen molar-refractivity contribution < 1.29 is 18.1 Å². The Morgan fingerprint density at radius 2 is 1.54 bits per heavy atom. The van der Waals surface area contributed by atoms with Gasteiger partial charge in [-0.05, 0) is 57.2 Å². The molecule has 0 aliphatic carbocycles. The molecule has 2 rings (SSSR count). The fourth-order valence-electron chi connectivity index (χ4n) is 2.12. The normalized spacial score (nSPS) is 11.8. The Balaban J connectivity index is 2.12. The third-order valence-electron chi connectivity index (χ3n) is 3.20. The molecule has 0 aliphatic heterocycles. The number of non-ortho nitro benzene ring substituents is 1. The van der Waals surface area contributed by atoms with E-state index in [2.05, 4.69) is 10.0 Å². The van der Waals surface area contributed by atoms with Gasteiger partial charge in [0.25, 0.3) is 11.6 Å². The van der Waals surface area contributed by atoms with Crippen molar-refractivity contribution >= 4 is 27.3 Å². The number of sulfonamides is 1. The Morgan fingerprint density at radius 3 is 2.00 bits per heavy atom. The van der Waals surface area contributed by atoms with Crippen molar-refractivity contribution in [1.82, 2.24) is 4.72 Å². The monoisotopic (exact) mass is 377 g/mol. The summed E-state index contributed by atoms with van der Waals surface area (Å²) in [6.07, 6.45) is 0. The van der Waals surface area contributed by atoms with E-state index < -0.39 is 26.4 Å². The molecular weight excluding hydrogens is 358 g/mol. The second-order valence-electron chi connectivity index (χ2n) is 6.64. The maximum absolute atomic E-state index is 12.2. The number of rotatable bonds is 5. The molecule has 1 amide bonds. The molecule has 0 radical (unpaired) electrons. The molecule has 0 saturated heterocycles. The summed E-state index contributed by atoms with van der Waals surface area (Å²) in [5.74, 6) is -0.452. The predicted molar refractivity (Wildman–Crippen MR) is 97.6 cm³/mol. The molecule has 0 atom stereocenters. The van der Waals surface area contributed by atoms with Crippen LogP contribution in [0.4, 0.5) is 11.4 Å². The number of hydrogen-bond donors (Lipinski definition) is 2. The molecule has 0 heterocycles. The van der Waals surface area contributed by atoms with Crippen molar-refractivity contribution in [1.29, 1.82) is 0 Å². The van der Waals surface area contributed by atoms with Gasteiger partial charge in [0.15, 0.2) is 0 Å². The number of amides is 1. The van der Waals surface area contributed by atoms with Crippen LogP contribution in [0.25, 0.3) is 0 Å². The molecule has 138 valence electrons. The van der Waals surface area contributed by atoms with Crippen LogP contribution in [-0.4, -0.2) is 24.8 Å². The van der Waals surface area contributed by atoms with Crippen LogP contribution in [0.3, 0.4) is 0 Å². The Bertz CT molecular complexity index is 914. The van der Waals surface area contributed by atoms with Gasteiger partial charge in [0.1, 0.15) is 0 Å². The van der Waals surface area contributed by atoms with Crippen LogP contribution in [0.15, 0.2) is 53.4 Å². The van der Waals surface area contributed by atoms with Crippen molar-refractivity contribution in [2.24, 2.45) is 0 Å². The lowest BCUT2D eigenvalue weighted by Gasteiger charge is -2.20. The van der Waals surface area contributed by atoms with Crippen LogP contribution in [0.1, 0.15) is 31.1 Å². The lowest BCUT2D eigenvalue weighted by Crippen LogP contribution is -2.40. The maximum Gasteiger partial charge on any atom is 0.269 e. The number of benzene rings is 2. The SMILES string of the molecule is CC(C)(C)NS(=O)(=O)c1ccc(C(=O)Nc2ccc([N+](=O)[O-])cc2)cc1. The number of anilines is 1. The van der Waals surface area contributed by atoms with Crippen molar-refractivity contribution in [3.05, 3.63) is 64.2 Å². The van der Waals surface area contributed by atoms with E-state index in [0.717, 1.165) is 0 Å². The van der Waals surface area contributed by atoms with E-state index in [1.54, 1.807) is 20.8 Å². The van der Waals surface area contributed by atoms with Crippen LogP contribution in [0.2, 0.25) is 0 Å². The first-order valence-electron chi connectivity index (χ1n) is 7.68. The minimum Gasteiger partial charge on any atom is -0.322 e. The van der Waals surface area contributed by atoms with Gasteiger partial charge in [-0.25, -0.2) is 13.1 Å². The van der Waals surface area contributed by atoms with E-state index in [1.807, 2.05) is 0 Å². The molecule has 0 fully saturated rings. The van der Waals surface area contributed by atoms with Gasteiger partial charge < -0.3 is 5.32 Å². The summed E-state index contributed by atoms with van der Waals surface area (Å²) in [5, 5.41) is 13.2. The topological polar surface area (TPSA) is 118 Å². The summed E-state index contributed by atoms with van der Waals surface area (Å²) >= 11 is 0. The Hall–Kier alpha value is -2.78. The number of nitrogens with one attached hydrogen (secondary N) is 2. The average molecular weight is 377 g/mol. The zero-order valence-electron chi connectivity index (χ0n) is 14.5. The summed E-state index contributed by atoms with van der Waals surface area (Å²) in [5.41, 5.74) is -0.0428. The number of carbonyl (C=O) groups is 1. The van der Waals surface area contributed by atoms with Crippen LogP contribution in [-0.2, 0) is 10.0 Å². The lowest BCUT2D eigenvalue weighted by molar-refractivity contribution is -0.384. The van der Waals surface area contributed by atoms with Crippen molar-refractivity contribution in [2.45, 2.75) is 31.2 Å². The van der Waals surface area contributed by atoms with Crippen molar-refractivity contribution in [2.75, 3.05) is 5.32 Å². The van der Waals surface area contributed by atoms with Gasteiger partial charge in [0.05, 0.1) is 9.82 Å². The Kier molecular flexibility index (Phi) is 5.43. The highest BCUT2D eigenvalue weighted by atomic mass is 32.2. The molecule has 26 heavy (non-hydrogen) atoms. The standard InChI is InChI=1S/C17H19N3O5S/c1-17(2,3)19-26(24,25)15-10-4-12(5-11-15)16(21)18-13-6-8-14(9-7-13)20(22)23/h4-11,19H,1-3H3,(H,18,21). The largest absolute Gasteiger partial charge is 0.322 e. The number of nitro benzene ring substituents is 1. The van der Waals surface area contributed by atoms with Crippen molar-refractivity contribution in [3.63, 3.8) is 0 Å². The molecule has 0 unspecified atom stereocenters. The number of carbonyl (C=O) groups excluding carboxylic acids is 1. The van der Waals surface area contributed by atoms with E-state index in [4.69, 9.17) is 0 Å². The van der Waals surface area contributed by atoms with Crippen molar-refractivity contribution in [3.8, 4) is 0 Å². The molecule has 0 aromatic heterocycles. The van der Waals surface area contributed by atoms with Gasteiger partial charge >= 0.3 is 0 Å². The first-order valence-corrected chi connectivity index (χ1v) is 9.16. The van der Waals surface area contributed by atoms with Gasteiger partial charge in [0, 0.05) is 28.9 Å². The van der Waals surface area contributed by atoms with E-state index in [0.29, 0.717) is 5.69 Å². The van der Waals surface area contributed by atoms with Gasteiger partial charge in [-0.2, -0.15) is 0 Å². The molecule has 9 heteroatoms. The number of nitro groups is 1. The second-order valence-corrected chi connectivity index (χ2v) is 8.32. The zero-order chi connectivity index (χ0) is 19.5. The van der Waals surface area contributed by atoms with Gasteiger partial charge in [-0.1, -0.05) is 0 Å². The maximum atomic E-state index is 12.2. The molecule has 0 spiro atoms. The molecule has 0 aliphatic rings.